The number of fused-ring (bicyclic) bond motifs is 1. The number of aromatic amines is 1. The van der Waals surface area contributed by atoms with Crippen molar-refractivity contribution < 1.29 is 9.59 Å². The van der Waals surface area contributed by atoms with Gasteiger partial charge in [-0.2, -0.15) is 0 Å². The summed E-state index contributed by atoms with van der Waals surface area (Å²) < 4.78 is 0. The second kappa shape index (κ2) is 7.62. The first-order chi connectivity index (χ1) is 15.5. The third-order valence-electron chi connectivity index (χ3n) is 5.54. The lowest BCUT2D eigenvalue weighted by Crippen LogP contribution is -2.45. The Kier molecular flexibility index (Phi) is 4.75. The quantitative estimate of drug-likeness (QED) is 0.470. The van der Waals surface area contributed by atoms with Crippen LogP contribution in [-0.2, 0) is 16.9 Å². The second-order valence-electron chi connectivity index (χ2n) is 7.48. The molecule has 1 fully saturated rings. The van der Waals surface area contributed by atoms with Crippen LogP contribution in [0.2, 0.25) is 5.02 Å². The van der Waals surface area contributed by atoms with Crippen LogP contribution in [0.25, 0.3) is 10.9 Å². The van der Waals surface area contributed by atoms with E-state index in [4.69, 9.17) is 11.6 Å². The number of H-pyrrole nitrogens is 1. The predicted molar refractivity (Wildman–Crippen MR) is 120 cm³/mol. The summed E-state index contributed by atoms with van der Waals surface area (Å²) >= 11 is 5.97. The molecule has 1 aromatic heterocycles. The van der Waals surface area contributed by atoms with Gasteiger partial charge in [0.05, 0.1) is 17.4 Å². The Morgan fingerprint density at radius 2 is 1.50 bits per heavy atom. The van der Waals surface area contributed by atoms with Crippen LogP contribution in [0.3, 0.4) is 0 Å². The Bertz CT molecular complexity index is 1360. The number of imide groups is 1. The summed E-state index contributed by atoms with van der Waals surface area (Å²) in [7, 11) is 0. The van der Waals surface area contributed by atoms with Crippen molar-refractivity contribution >= 4 is 34.4 Å². The molecule has 1 aliphatic rings. The van der Waals surface area contributed by atoms with Crippen molar-refractivity contribution in [3.63, 3.8) is 0 Å². The molecule has 1 saturated heterocycles. The zero-order valence-corrected chi connectivity index (χ0v) is 17.5. The number of aromatic nitrogens is 2. The maximum Gasteiger partial charge on any atom is 0.325 e. The van der Waals surface area contributed by atoms with Crippen molar-refractivity contribution in [2.75, 3.05) is 0 Å². The molecule has 2 N–H and O–H groups in total. The lowest BCUT2D eigenvalue weighted by Gasteiger charge is -2.28. The normalized spacial score (nSPS) is 15.2. The first-order valence-electron chi connectivity index (χ1n) is 9.92. The second-order valence-corrected chi connectivity index (χ2v) is 7.91. The van der Waals surface area contributed by atoms with Gasteiger partial charge in [-0.25, -0.2) is 9.78 Å². The highest BCUT2D eigenvalue weighted by atomic mass is 35.5. The zero-order valence-electron chi connectivity index (χ0n) is 16.7. The SMILES string of the molecule is O=C1NC(c2ccccc2)(c2ccccc2)C(=O)N1Cc1nc2ccc(Cl)cc2c(=O)[nH]1. The van der Waals surface area contributed by atoms with Crippen molar-refractivity contribution in [3.05, 3.63) is 111 Å². The average Bonchev–Trinajstić information content (AvgIpc) is 3.06. The Morgan fingerprint density at radius 3 is 2.12 bits per heavy atom. The third kappa shape index (κ3) is 3.14. The molecule has 3 amide bonds. The number of nitrogens with zero attached hydrogens (tertiary/aromatic N) is 2. The Morgan fingerprint density at radius 1 is 0.875 bits per heavy atom. The Balaban J connectivity index is 1.58. The molecular weight excluding hydrogens is 428 g/mol. The van der Waals surface area contributed by atoms with Gasteiger partial charge < -0.3 is 10.3 Å². The van der Waals surface area contributed by atoms with Gasteiger partial charge in [-0.05, 0) is 29.3 Å². The van der Waals surface area contributed by atoms with Crippen LogP contribution in [-0.4, -0.2) is 26.8 Å². The van der Waals surface area contributed by atoms with E-state index in [2.05, 4.69) is 15.3 Å². The summed E-state index contributed by atoms with van der Waals surface area (Å²) in [5.74, 6) is -0.246. The summed E-state index contributed by atoms with van der Waals surface area (Å²) in [4.78, 5) is 47.4. The van der Waals surface area contributed by atoms with Crippen molar-refractivity contribution in [1.29, 1.82) is 0 Å². The van der Waals surface area contributed by atoms with E-state index in [9.17, 15) is 14.4 Å². The minimum absolute atomic E-state index is 0.181. The van der Waals surface area contributed by atoms with E-state index in [1.54, 1.807) is 36.4 Å². The molecule has 8 heteroatoms. The van der Waals surface area contributed by atoms with Gasteiger partial charge in [0.2, 0.25) is 0 Å². The molecule has 0 aliphatic carbocycles. The molecule has 7 nitrogen and oxygen atoms in total. The maximum atomic E-state index is 13.7. The van der Waals surface area contributed by atoms with Gasteiger partial charge in [0, 0.05) is 5.02 Å². The van der Waals surface area contributed by atoms with Gasteiger partial charge in [0.1, 0.15) is 5.82 Å². The van der Waals surface area contributed by atoms with Gasteiger partial charge in [0.15, 0.2) is 5.54 Å². The van der Waals surface area contributed by atoms with Crippen LogP contribution in [0.15, 0.2) is 83.7 Å². The molecule has 4 aromatic rings. The first-order valence-corrected chi connectivity index (χ1v) is 10.3. The largest absolute Gasteiger partial charge is 0.325 e. The van der Waals surface area contributed by atoms with E-state index in [0.29, 0.717) is 27.1 Å². The van der Waals surface area contributed by atoms with Crippen molar-refractivity contribution in [2.24, 2.45) is 0 Å². The number of carbonyl (C=O) groups is 2. The lowest BCUT2D eigenvalue weighted by molar-refractivity contribution is -0.130. The monoisotopic (exact) mass is 444 g/mol. The minimum Gasteiger partial charge on any atom is -0.315 e. The molecule has 32 heavy (non-hydrogen) atoms. The van der Waals surface area contributed by atoms with E-state index in [1.807, 2.05) is 36.4 Å². The zero-order chi connectivity index (χ0) is 22.3. The number of hydrogen-bond donors (Lipinski definition) is 2. The van der Waals surface area contributed by atoms with Crippen molar-refractivity contribution in [2.45, 2.75) is 12.1 Å². The predicted octanol–water partition coefficient (Wildman–Crippen LogP) is 3.57. The highest BCUT2D eigenvalue weighted by Crippen LogP contribution is 2.36. The molecular formula is C24H17ClN4O3. The molecule has 1 aliphatic heterocycles. The van der Waals surface area contributed by atoms with Crippen molar-refractivity contribution in [3.8, 4) is 0 Å². The van der Waals surface area contributed by atoms with E-state index >= 15 is 0 Å². The van der Waals surface area contributed by atoms with Crippen LogP contribution in [0, 0.1) is 0 Å². The van der Waals surface area contributed by atoms with E-state index in [-0.39, 0.29) is 12.4 Å². The first kappa shape index (κ1) is 20.0. The molecule has 0 spiro atoms. The van der Waals surface area contributed by atoms with Gasteiger partial charge in [0.25, 0.3) is 11.5 Å². The summed E-state index contributed by atoms with van der Waals surface area (Å²) in [5.41, 5.74) is -0.0533. The van der Waals surface area contributed by atoms with Crippen LogP contribution in [0.4, 0.5) is 4.79 Å². The molecule has 0 radical (unpaired) electrons. The molecule has 0 bridgehead atoms. The van der Waals surface area contributed by atoms with Gasteiger partial charge >= 0.3 is 6.03 Å². The molecule has 5 rings (SSSR count). The molecule has 0 atom stereocenters. The van der Waals surface area contributed by atoms with Crippen LogP contribution >= 0.6 is 11.6 Å². The molecule has 3 aromatic carbocycles. The van der Waals surface area contributed by atoms with E-state index in [0.717, 1.165) is 4.90 Å². The van der Waals surface area contributed by atoms with Crippen molar-refractivity contribution in [1.82, 2.24) is 20.2 Å². The smallest absolute Gasteiger partial charge is 0.315 e. The number of halogens is 1. The fourth-order valence-electron chi connectivity index (χ4n) is 4.04. The molecule has 2 heterocycles. The Labute approximate surface area is 187 Å². The van der Waals surface area contributed by atoms with Crippen LogP contribution in [0.5, 0.6) is 0 Å². The molecule has 0 unspecified atom stereocenters. The highest BCUT2D eigenvalue weighted by molar-refractivity contribution is 6.31. The van der Waals surface area contributed by atoms with E-state index in [1.165, 1.54) is 6.07 Å². The molecule has 158 valence electrons. The van der Waals surface area contributed by atoms with Crippen LogP contribution < -0.4 is 10.9 Å². The molecule has 0 saturated carbocycles. The van der Waals surface area contributed by atoms with Gasteiger partial charge in [-0.15, -0.1) is 0 Å². The fraction of sp³-hybridized carbons (Fsp3) is 0.0833. The average molecular weight is 445 g/mol. The minimum atomic E-state index is -1.37. The van der Waals surface area contributed by atoms with Crippen LogP contribution in [0.1, 0.15) is 17.0 Å². The number of rotatable bonds is 4. The Hall–Kier alpha value is -3.97. The standard InChI is InChI=1S/C24H17ClN4O3/c25-17-11-12-19-18(13-17)21(30)27-20(26-19)14-29-22(31)24(28-23(29)32,15-7-3-1-4-8-15)16-9-5-2-6-10-16/h1-13H,14H2,(H,28,32)(H,26,27,30). The highest BCUT2D eigenvalue weighted by Gasteiger charge is 2.53. The number of urea groups is 1. The van der Waals surface area contributed by atoms with E-state index < -0.39 is 23.0 Å². The summed E-state index contributed by atoms with van der Waals surface area (Å²) in [6.07, 6.45) is 0. The number of carbonyl (C=O) groups excluding carboxylic acids is 2. The number of amides is 3. The lowest BCUT2D eigenvalue weighted by atomic mass is 9.82. The summed E-state index contributed by atoms with van der Waals surface area (Å²) in [6, 6.07) is 22.4. The third-order valence-corrected chi connectivity index (χ3v) is 5.78. The van der Waals surface area contributed by atoms with Gasteiger partial charge in [-0.3, -0.25) is 14.5 Å². The maximum absolute atomic E-state index is 13.7. The van der Waals surface area contributed by atoms with Gasteiger partial charge in [-0.1, -0.05) is 72.3 Å². The fourth-order valence-corrected chi connectivity index (χ4v) is 4.21. The summed E-state index contributed by atoms with van der Waals surface area (Å²) in [6.45, 7) is -0.181. The number of hydrogen-bond acceptors (Lipinski definition) is 4. The number of nitrogens with one attached hydrogen (secondary N) is 2. The number of benzene rings is 3. The topological polar surface area (TPSA) is 95.2 Å². The summed E-state index contributed by atoms with van der Waals surface area (Å²) in [5, 5.41) is 3.63.